The van der Waals surface area contributed by atoms with Crippen molar-refractivity contribution >= 4 is 29.6 Å². The Hall–Kier alpha value is -2.49. The Morgan fingerprint density at radius 3 is 2.23 bits per heavy atom. The molecule has 2 atom stereocenters. The van der Waals surface area contributed by atoms with Gasteiger partial charge in [0.1, 0.15) is 12.1 Å². The fraction of sp³-hybridized carbons (Fsp3) is 0.583. The van der Waals surface area contributed by atoms with E-state index in [1.54, 1.807) is 0 Å². The third-order valence-electron chi connectivity index (χ3n) is 3.20. The summed E-state index contributed by atoms with van der Waals surface area (Å²) in [6.45, 7) is 0.0555. The van der Waals surface area contributed by atoms with Crippen LogP contribution in [0.1, 0.15) is 19.3 Å². The number of carbonyl (C=O) groups is 4. The summed E-state index contributed by atoms with van der Waals surface area (Å²) < 4.78 is 0. The molecule has 4 N–H and O–H groups in total. The summed E-state index contributed by atoms with van der Waals surface area (Å²) in [6, 6.07) is -2.82. The molecule has 0 amide bonds. The molecule has 0 spiro atoms. The summed E-state index contributed by atoms with van der Waals surface area (Å²) >= 11 is 0. The third kappa shape index (κ3) is 4.52. The van der Waals surface area contributed by atoms with Gasteiger partial charge in [0.15, 0.2) is 0 Å². The van der Waals surface area contributed by atoms with E-state index in [9.17, 15) is 29.4 Å². The average molecular weight is 316 g/mol. The van der Waals surface area contributed by atoms with Crippen LogP contribution in [0.15, 0.2) is 4.99 Å². The quantitative estimate of drug-likeness (QED) is 0.439. The Labute approximate surface area is 124 Å². The van der Waals surface area contributed by atoms with Crippen LogP contribution in [-0.2, 0) is 19.2 Å². The van der Waals surface area contributed by atoms with E-state index in [0.717, 1.165) is 4.90 Å². The summed E-state index contributed by atoms with van der Waals surface area (Å²) in [5.41, 5.74) is -0.146. The molecule has 0 aromatic rings. The lowest BCUT2D eigenvalue weighted by atomic mass is 10.00. The highest BCUT2D eigenvalue weighted by molar-refractivity contribution is 6.12. The molecule has 0 saturated carbocycles. The molecular formula is C12H16N2O8. The summed E-state index contributed by atoms with van der Waals surface area (Å²) in [5, 5.41) is 35.9. The minimum absolute atomic E-state index is 0.00330. The highest BCUT2D eigenvalue weighted by Crippen LogP contribution is 2.18. The molecule has 0 radical (unpaired) electrons. The van der Waals surface area contributed by atoms with Gasteiger partial charge in [-0.1, -0.05) is 0 Å². The van der Waals surface area contributed by atoms with E-state index in [-0.39, 0.29) is 25.2 Å². The monoisotopic (exact) mass is 316 g/mol. The maximum Gasteiger partial charge on any atom is 0.326 e. The number of aliphatic imine (C=N–C) groups is 1. The average Bonchev–Trinajstić information content (AvgIpc) is 2.37. The van der Waals surface area contributed by atoms with Gasteiger partial charge >= 0.3 is 23.9 Å². The fourth-order valence-electron chi connectivity index (χ4n) is 2.34. The second-order valence-electron chi connectivity index (χ2n) is 4.71. The summed E-state index contributed by atoms with van der Waals surface area (Å²) in [4.78, 5) is 49.0. The van der Waals surface area contributed by atoms with E-state index in [2.05, 4.69) is 4.99 Å². The third-order valence-corrected chi connectivity index (χ3v) is 3.20. The number of rotatable bonds is 8. The van der Waals surface area contributed by atoms with E-state index in [4.69, 9.17) is 10.2 Å². The van der Waals surface area contributed by atoms with Gasteiger partial charge < -0.3 is 20.4 Å². The van der Waals surface area contributed by atoms with Crippen molar-refractivity contribution in [3.8, 4) is 0 Å². The molecule has 0 aliphatic carbocycles. The van der Waals surface area contributed by atoms with Gasteiger partial charge in [-0.05, 0) is 6.42 Å². The molecule has 0 fully saturated rings. The van der Waals surface area contributed by atoms with Gasteiger partial charge in [0.2, 0.25) is 0 Å². The molecule has 0 unspecified atom stereocenters. The predicted molar refractivity (Wildman–Crippen MR) is 71.0 cm³/mol. The zero-order valence-corrected chi connectivity index (χ0v) is 11.5. The first-order valence-corrected chi connectivity index (χ1v) is 6.42. The number of aliphatic carboxylic acids is 4. The van der Waals surface area contributed by atoms with Crippen molar-refractivity contribution in [2.75, 3.05) is 13.1 Å². The lowest BCUT2D eigenvalue weighted by molar-refractivity contribution is -0.149. The Morgan fingerprint density at radius 2 is 1.77 bits per heavy atom. The largest absolute Gasteiger partial charge is 0.481 e. The number of hydrogen-bond acceptors (Lipinski definition) is 6. The number of carboxylic acid groups (broad SMARTS) is 4. The molecule has 10 heteroatoms. The van der Waals surface area contributed by atoms with Crippen LogP contribution in [0, 0.1) is 0 Å². The molecule has 0 aromatic carbocycles. The van der Waals surface area contributed by atoms with Crippen LogP contribution in [0.4, 0.5) is 0 Å². The summed E-state index contributed by atoms with van der Waals surface area (Å²) in [6.07, 6.45) is -1.33. The molecule has 1 rings (SSSR count). The molecule has 22 heavy (non-hydrogen) atoms. The van der Waals surface area contributed by atoms with Gasteiger partial charge in [-0.25, -0.2) is 0 Å². The molecule has 1 aliphatic rings. The van der Waals surface area contributed by atoms with Crippen LogP contribution >= 0.6 is 0 Å². The van der Waals surface area contributed by atoms with E-state index >= 15 is 0 Å². The van der Waals surface area contributed by atoms with Crippen molar-refractivity contribution in [2.24, 2.45) is 4.99 Å². The van der Waals surface area contributed by atoms with Crippen molar-refractivity contribution < 1.29 is 39.6 Å². The SMILES string of the molecule is O=C(O)CC[C@@H](C(=O)O)N1CCN=C(CC(=O)O)[C@H]1C(=O)O. The molecule has 122 valence electrons. The van der Waals surface area contributed by atoms with E-state index in [1.165, 1.54) is 0 Å². The molecule has 0 bridgehead atoms. The standard InChI is InChI=1S/C12H16N2O8/c15-8(16)2-1-7(11(19)20)14-4-3-13-6(5-9(17)18)10(14)12(21)22/h7,10H,1-5H2,(H,15,16)(H,17,18)(H,19,20)(H,21,22)/t7-,10-/m0/s1. The summed E-state index contributed by atoms with van der Waals surface area (Å²) in [5.74, 6) is -5.25. The van der Waals surface area contributed by atoms with Gasteiger partial charge in [0, 0.05) is 13.0 Å². The molecule has 0 saturated heterocycles. The van der Waals surface area contributed by atoms with Crippen LogP contribution in [0.2, 0.25) is 0 Å². The zero-order valence-electron chi connectivity index (χ0n) is 11.5. The first-order chi connectivity index (χ1) is 10.2. The Balaban J connectivity index is 3.04. The maximum absolute atomic E-state index is 11.4. The molecule has 1 aliphatic heterocycles. The van der Waals surface area contributed by atoms with Crippen molar-refractivity contribution in [3.05, 3.63) is 0 Å². The molecule has 0 aromatic heterocycles. The predicted octanol–water partition coefficient (Wildman–Crippen LogP) is -1.01. The van der Waals surface area contributed by atoms with Gasteiger partial charge in [-0.2, -0.15) is 0 Å². The number of hydrogen-bond donors (Lipinski definition) is 4. The second-order valence-corrected chi connectivity index (χ2v) is 4.71. The maximum atomic E-state index is 11.4. The van der Waals surface area contributed by atoms with Crippen LogP contribution in [0.25, 0.3) is 0 Å². The Kier molecular flexibility index (Phi) is 5.99. The van der Waals surface area contributed by atoms with Crippen molar-refractivity contribution in [3.63, 3.8) is 0 Å². The van der Waals surface area contributed by atoms with Crippen LogP contribution in [0.3, 0.4) is 0 Å². The van der Waals surface area contributed by atoms with Gasteiger partial charge in [-0.15, -0.1) is 0 Å². The topological polar surface area (TPSA) is 165 Å². The smallest absolute Gasteiger partial charge is 0.326 e. The lowest BCUT2D eigenvalue weighted by Gasteiger charge is -2.36. The minimum Gasteiger partial charge on any atom is -0.481 e. The number of nitrogens with zero attached hydrogens (tertiary/aromatic N) is 2. The van der Waals surface area contributed by atoms with E-state index in [1.807, 2.05) is 0 Å². The first kappa shape index (κ1) is 17.6. The van der Waals surface area contributed by atoms with Crippen molar-refractivity contribution in [2.45, 2.75) is 31.3 Å². The highest BCUT2D eigenvalue weighted by Gasteiger charge is 2.40. The van der Waals surface area contributed by atoms with Crippen LogP contribution < -0.4 is 0 Å². The van der Waals surface area contributed by atoms with Crippen molar-refractivity contribution in [1.29, 1.82) is 0 Å². The minimum atomic E-state index is -1.49. The number of carboxylic acids is 4. The molecular weight excluding hydrogens is 300 g/mol. The molecule has 10 nitrogen and oxygen atoms in total. The van der Waals surface area contributed by atoms with Gasteiger partial charge in [-0.3, -0.25) is 29.1 Å². The van der Waals surface area contributed by atoms with Crippen LogP contribution in [-0.4, -0.2) is 80.1 Å². The Morgan fingerprint density at radius 1 is 1.14 bits per heavy atom. The van der Waals surface area contributed by atoms with Crippen LogP contribution in [0.5, 0.6) is 0 Å². The Bertz CT molecular complexity index is 515. The lowest BCUT2D eigenvalue weighted by Crippen LogP contribution is -2.57. The normalized spacial score (nSPS) is 20.0. The fourth-order valence-corrected chi connectivity index (χ4v) is 2.34. The highest BCUT2D eigenvalue weighted by atomic mass is 16.4. The first-order valence-electron chi connectivity index (χ1n) is 6.42. The van der Waals surface area contributed by atoms with E-state index in [0.29, 0.717) is 0 Å². The second kappa shape index (κ2) is 7.50. The summed E-state index contributed by atoms with van der Waals surface area (Å²) in [7, 11) is 0. The van der Waals surface area contributed by atoms with Crippen molar-refractivity contribution in [1.82, 2.24) is 4.90 Å². The van der Waals surface area contributed by atoms with E-state index < -0.39 is 48.8 Å². The zero-order chi connectivity index (χ0) is 16.9. The van der Waals surface area contributed by atoms with Gasteiger partial charge in [0.25, 0.3) is 0 Å². The van der Waals surface area contributed by atoms with Gasteiger partial charge in [0.05, 0.1) is 18.7 Å². The molecule has 1 heterocycles.